The summed E-state index contributed by atoms with van der Waals surface area (Å²) in [7, 11) is 0. The normalized spacial score (nSPS) is 35.3. The summed E-state index contributed by atoms with van der Waals surface area (Å²) in [5.74, 6) is 0.0706. The van der Waals surface area contributed by atoms with Gasteiger partial charge in [-0.05, 0) is 6.42 Å². The molecule has 0 saturated carbocycles. The Morgan fingerprint density at radius 3 is 2.70 bits per heavy atom. The fraction of sp³-hybridized carbons (Fsp3) is 0.857. The molecule has 0 aromatic carbocycles. The minimum atomic E-state index is -0.200. The lowest BCUT2D eigenvalue weighted by Gasteiger charge is -2.38. The second-order valence-corrected chi connectivity index (χ2v) is 2.88. The van der Waals surface area contributed by atoms with Gasteiger partial charge in [-0.15, -0.1) is 0 Å². The van der Waals surface area contributed by atoms with E-state index in [4.69, 9.17) is 14.7 Å². The maximum Gasteiger partial charge on any atom is 0.130 e. The summed E-state index contributed by atoms with van der Waals surface area (Å²) in [5, 5.41) is 8.68. The number of hydrogen-bond donors (Lipinski definition) is 0. The lowest BCUT2D eigenvalue weighted by Crippen LogP contribution is -2.53. The van der Waals surface area contributed by atoms with Gasteiger partial charge in [-0.25, -0.2) is 0 Å². The molecule has 2 rings (SSSR count). The van der Waals surface area contributed by atoms with Crippen molar-refractivity contribution >= 4 is 0 Å². The number of nitriles is 1. The second-order valence-electron chi connectivity index (χ2n) is 2.88. The van der Waals surface area contributed by atoms with Gasteiger partial charge < -0.3 is 9.47 Å². The van der Waals surface area contributed by atoms with Crippen LogP contribution in [-0.2, 0) is 9.47 Å². The Hall–Kier alpha value is -0.590. The second kappa shape index (κ2) is 1.94. The highest BCUT2D eigenvalue weighted by atomic mass is 16.6. The Balaban J connectivity index is 2.14. The van der Waals surface area contributed by atoms with E-state index in [2.05, 4.69) is 6.07 Å². The number of ether oxygens (including phenoxy) is 2. The zero-order valence-electron chi connectivity index (χ0n) is 5.67. The molecule has 1 spiro atoms. The Morgan fingerprint density at radius 1 is 1.50 bits per heavy atom. The van der Waals surface area contributed by atoms with Gasteiger partial charge in [0.1, 0.15) is 5.60 Å². The van der Waals surface area contributed by atoms with Gasteiger partial charge in [0.25, 0.3) is 0 Å². The van der Waals surface area contributed by atoms with Gasteiger partial charge in [-0.1, -0.05) is 0 Å². The van der Waals surface area contributed by atoms with E-state index >= 15 is 0 Å². The fourth-order valence-corrected chi connectivity index (χ4v) is 1.51. The number of nitrogens with zero attached hydrogens (tertiary/aromatic N) is 1. The summed E-state index contributed by atoms with van der Waals surface area (Å²) < 4.78 is 10.4. The molecule has 0 aromatic rings. The van der Waals surface area contributed by atoms with Gasteiger partial charge in [0, 0.05) is 6.61 Å². The Morgan fingerprint density at radius 2 is 2.30 bits per heavy atom. The first-order chi connectivity index (χ1) is 4.87. The monoisotopic (exact) mass is 139 g/mol. The molecule has 2 fully saturated rings. The van der Waals surface area contributed by atoms with Crippen molar-refractivity contribution in [2.75, 3.05) is 19.8 Å². The van der Waals surface area contributed by atoms with Crippen molar-refractivity contribution in [2.24, 2.45) is 5.92 Å². The third-order valence-corrected chi connectivity index (χ3v) is 2.28. The highest BCUT2D eigenvalue weighted by Crippen LogP contribution is 2.37. The summed E-state index contributed by atoms with van der Waals surface area (Å²) in [6.07, 6.45) is 0.875. The Kier molecular flexibility index (Phi) is 1.19. The molecule has 2 aliphatic heterocycles. The topological polar surface area (TPSA) is 42.2 Å². The van der Waals surface area contributed by atoms with Crippen molar-refractivity contribution in [1.29, 1.82) is 5.26 Å². The van der Waals surface area contributed by atoms with Crippen LogP contribution in [0.25, 0.3) is 0 Å². The smallest absolute Gasteiger partial charge is 0.130 e. The molecule has 0 aromatic heterocycles. The highest BCUT2D eigenvalue weighted by Gasteiger charge is 2.50. The first kappa shape index (κ1) is 6.14. The largest absolute Gasteiger partial charge is 0.375 e. The van der Waals surface area contributed by atoms with Crippen LogP contribution in [0, 0.1) is 17.2 Å². The van der Waals surface area contributed by atoms with E-state index in [-0.39, 0.29) is 11.5 Å². The van der Waals surface area contributed by atoms with Gasteiger partial charge in [0.15, 0.2) is 0 Å². The molecule has 0 aliphatic carbocycles. The van der Waals surface area contributed by atoms with Crippen LogP contribution < -0.4 is 0 Å². The average Bonchev–Trinajstić information content (AvgIpc) is 2.27. The molecule has 1 unspecified atom stereocenters. The van der Waals surface area contributed by atoms with Crippen LogP contribution in [0.4, 0.5) is 0 Å². The maximum absolute atomic E-state index is 8.68. The van der Waals surface area contributed by atoms with Crippen LogP contribution in [0.5, 0.6) is 0 Å². The number of hydrogen-bond acceptors (Lipinski definition) is 3. The van der Waals surface area contributed by atoms with E-state index < -0.39 is 0 Å². The van der Waals surface area contributed by atoms with Crippen molar-refractivity contribution in [3.8, 4) is 6.07 Å². The molecule has 0 N–H and O–H groups in total. The summed E-state index contributed by atoms with van der Waals surface area (Å²) in [6.45, 7) is 1.96. The van der Waals surface area contributed by atoms with Crippen LogP contribution in [0.3, 0.4) is 0 Å². The lowest BCUT2D eigenvalue weighted by molar-refractivity contribution is -0.195. The van der Waals surface area contributed by atoms with E-state index in [9.17, 15) is 0 Å². The Labute approximate surface area is 59.5 Å². The molecule has 2 aliphatic rings. The third kappa shape index (κ3) is 0.606. The summed E-state index contributed by atoms with van der Waals surface area (Å²) in [5.41, 5.74) is -0.200. The van der Waals surface area contributed by atoms with Crippen molar-refractivity contribution in [3.05, 3.63) is 0 Å². The van der Waals surface area contributed by atoms with Gasteiger partial charge in [0.2, 0.25) is 0 Å². The molecule has 0 amide bonds. The lowest BCUT2D eigenvalue weighted by atomic mass is 9.87. The van der Waals surface area contributed by atoms with E-state index in [1.165, 1.54) is 0 Å². The first-order valence-electron chi connectivity index (χ1n) is 3.49. The first-order valence-corrected chi connectivity index (χ1v) is 3.49. The Bertz CT molecular complexity index is 181. The zero-order valence-corrected chi connectivity index (χ0v) is 5.67. The molecule has 2 saturated heterocycles. The molecule has 2 heterocycles. The summed E-state index contributed by atoms with van der Waals surface area (Å²) in [6, 6.07) is 2.25. The fourth-order valence-electron chi connectivity index (χ4n) is 1.51. The predicted octanol–water partition coefficient (Wildman–Crippen LogP) is 0.315. The van der Waals surface area contributed by atoms with E-state index in [1.54, 1.807) is 0 Å². The minimum absolute atomic E-state index is 0.0706. The molecule has 0 radical (unpaired) electrons. The van der Waals surface area contributed by atoms with Crippen LogP contribution in [0.2, 0.25) is 0 Å². The zero-order chi connectivity index (χ0) is 7.03. The maximum atomic E-state index is 8.68. The number of rotatable bonds is 0. The molecule has 3 heteroatoms. The average molecular weight is 139 g/mol. The molecule has 1 atom stereocenters. The summed E-state index contributed by atoms with van der Waals surface area (Å²) >= 11 is 0. The van der Waals surface area contributed by atoms with Gasteiger partial charge in [-0.3, -0.25) is 0 Å². The van der Waals surface area contributed by atoms with E-state index in [1.807, 2.05) is 0 Å². The molecule has 0 bridgehead atoms. The quantitative estimate of drug-likeness (QED) is 0.485. The standard InChI is InChI=1S/C7H9NO2/c8-3-6-1-2-10-7(6)4-9-5-7/h6H,1-2,4-5H2. The highest BCUT2D eigenvalue weighted by molar-refractivity contribution is 5.06. The van der Waals surface area contributed by atoms with Gasteiger partial charge >= 0.3 is 0 Å². The SMILES string of the molecule is N#CC1CCOC12COC2. The third-order valence-electron chi connectivity index (χ3n) is 2.28. The van der Waals surface area contributed by atoms with Crippen molar-refractivity contribution < 1.29 is 9.47 Å². The van der Waals surface area contributed by atoms with Crippen LogP contribution >= 0.6 is 0 Å². The molecule has 3 nitrogen and oxygen atoms in total. The van der Waals surface area contributed by atoms with Gasteiger partial charge in [-0.2, -0.15) is 5.26 Å². The van der Waals surface area contributed by atoms with Crippen molar-refractivity contribution in [3.63, 3.8) is 0 Å². The predicted molar refractivity (Wildman–Crippen MR) is 33.2 cm³/mol. The molecular formula is C7H9NO2. The van der Waals surface area contributed by atoms with E-state index in [0.29, 0.717) is 13.2 Å². The van der Waals surface area contributed by atoms with Crippen molar-refractivity contribution in [1.82, 2.24) is 0 Å². The summed E-state index contributed by atoms with van der Waals surface area (Å²) in [4.78, 5) is 0. The van der Waals surface area contributed by atoms with Crippen LogP contribution in [0.15, 0.2) is 0 Å². The van der Waals surface area contributed by atoms with Crippen molar-refractivity contribution in [2.45, 2.75) is 12.0 Å². The van der Waals surface area contributed by atoms with Gasteiger partial charge in [0.05, 0.1) is 25.2 Å². The van der Waals surface area contributed by atoms with Crippen LogP contribution in [-0.4, -0.2) is 25.4 Å². The molecular weight excluding hydrogens is 130 g/mol. The molecule has 10 heavy (non-hydrogen) atoms. The molecule has 54 valence electrons. The van der Waals surface area contributed by atoms with E-state index in [0.717, 1.165) is 13.0 Å². The minimum Gasteiger partial charge on any atom is -0.375 e. The van der Waals surface area contributed by atoms with Crippen LogP contribution in [0.1, 0.15) is 6.42 Å².